The fourth-order valence-corrected chi connectivity index (χ4v) is 2.14. The Balaban J connectivity index is 2.23. The van der Waals surface area contributed by atoms with E-state index in [2.05, 4.69) is 34.2 Å². The maximum absolute atomic E-state index is 5.47. The third-order valence-corrected chi connectivity index (χ3v) is 2.91. The number of nitrogen functional groups attached to an aromatic ring is 1. The molecule has 2 atom stereocenters. The quantitative estimate of drug-likeness (QED) is 0.679. The van der Waals surface area contributed by atoms with E-state index in [1.54, 1.807) is 0 Å². The highest BCUT2D eigenvalue weighted by atomic mass is 15.2. The fraction of sp³-hybridized carbons (Fsp3) is 0.600. The first-order chi connectivity index (χ1) is 7.18. The van der Waals surface area contributed by atoms with E-state index in [9.17, 15) is 0 Å². The lowest BCUT2D eigenvalue weighted by molar-refractivity contribution is 0.159. The van der Waals surface area contributed by atoms with Gasteiger partial charge in [-0.25, -0.2) is 9.97 Å². The summed E-state index contributed by atoms with van der Waals surface area (Å²) in [6.07, 6.45) is 3.62. The number of likely N-dealkylation sites (N-methyl/N-ethyl adjacent to an activating group) is 1. The minimum Gasteiger partial charge on any atom is -0.368 e. The fourth-order valence-electron chi connectivity index (χ4n) is 2.14. The van der Waals surface area contributed by atoms with Crippen LogP contribution < -0.4 is 11.1 Å². The van der Waals surface area contributed by atoms with E-state index in [0.29, 0.717) is 18.0 Å². The highest BCUT2D eigenvalue weighted by Crippen LogP contribution is 2.24. The monoisotopic (exact) mass is 207 g/mol. The van der Waals surface area contributed by atoms with Gasteiger partial charge in [0.25, 0.3) is 0 Å². The molecule has 3 N–H and O–H groups in total. The van der Waals surface area contributed by atoms with Gasteiger partial charge in [0.05, 0.1) is 6.04 Å². The molecule has 0 aromatic carbocycles. The summed E-state index contributed by atoms with van der Waals surface area (Å²) in [5.74, 6) is 0.331. The largest absolute Gasteiger partial charge is 0.368 e. The summed E-state index contributed by atoms with van der Waals surface area (Å²) in [5, 5.41) is 3.45. The zero-order chi connectivity index (χ0) is 10.8. The van der Waals surface area contributed by atoms with Gasteiger partial charge >= 0.3 is 0 Å². The first-order valence-electron chi connectivity index (χ1n) is 5.19. The van der Waals surface area contributed by atoms with Gasteiger partial charge in [-0.15, -0.1) is 0 Å². The lowest BCUT2D eigenvalue weighted by atomic mass is 10.00. The smallest absolute Gasteiger partial charge is 0.219 e. The van der Waals surface area contributed by atoms with Crippen LogP contribution in [-0.4, -0.2) is 41.0 Å². The average Bonchev–Trinajstić information content (AvgIpc) is 2.20. The molecule has 0 radical (unpaired) electrons. The van der Waals surface area contributed by atoms with Crippen molar-refractivity contribution in [1.29, 1.82) is 0 Å². The molecule has 1 fully saturated rings. The first-order valence-corrected chi connectivity index (χ1v) is 5.19. The van der Waals surface area contributed by atoms with E-state index in [1.165, 1.54) is 0 Å². The molecule has 0 saturated carbocycles. The van der Waals surface area contributed by atoms with Gasteiger partial charge in [0.1, 0.15) is 0 Å². The number of rotatable bonds is 1. The normalized spacial score (nSPS) is 27.9. The highest BCUT2D eigenvalue weighted by Gasteiger charge is 2.27. The lowest BCUT2D eigenvalue weighted by Crippen LogP contribution is -2.49. The molecule has 15 heavy (non-hydrogen) atoms. The van der Waals surface area contributed by atoms with Crippen LogP contribution in [0.15, 0.2) is 12.4 Å². The van der Waals surface area contributed by atoms with Gasteiger partial charge in [-0.05, 0) is 14.0 Å². The van der Waals surface area contributed by atoms with Gasteiger partial charge in [0, 0.05) is 37.1 Å². The zero-order valence-corrected chi connectivity index (χ0v) is 9.14. The van der Waals surface area contributed by atoms with Crippen LogP contribution in [0.5, 0.6) is 0 Å². The summed E-state index contributed by atoms with van der Waals surface area (Å²) >= 11 is 0. The zero-order valence-electron chi connectivity index (χ0n) is 9.14. The van der Waals surface area contributed by atoms with Crippen LogP contribution in [0, 0.1) is 0 Å². The Bertz CT molecular complexity index is 313. The van der Waals surface area contributed by atoms with Crippen LogP contribution >= 0.6 is 0 Å². The molecule has 1 aromatic heterocycles. The van der Waals surface area contributed by atoms with E-state index >= 15 is 0 Å². The number of aromatic nitrogens is 2. The number of anilines is 1. The van der Waals surface area contributed by atoms with Crippen LogP contribution in [0.2, 0.25) is 0 Å². The molecular weight excluding hydrogens is 190 g/mol. The van der Waals surface area contributed by atoms with Crippen molar-refractivity contribution in [3.63, 3.8) is 0 Å². The maximum atomic E-state index is 5.47. The van der Waals surface area contributed by atoms with Crippen LogP contribution in [0.4, 0.5) is 5.95 Å². The van der Waals surface area contributed by atoms with E-state index < -0.39 is 0 Å². The molecule has 0 aliphatic carbocycles. The van der Waals surface area contributed by atoms with Crippen LogP contribution in [0.3, 0.4) is 0 Å². The standard InChI is InChI=1S/C10H17N5/c1-7-9(15(2)4-3-12-7)8-5-13-10(11)14-6-8/h5-7,9,12H,3-4H2,1-2H3,(H2,11,13,14). The number of hydrogen-bond acceptors (Lipinski definition) is 5. The number of nitrogens with two attached hydrogens (primary N) is 1. The van der Waals surface area contributed by atoms with Crippen molar-refractivity contribution in [1.82, 2.24) is 20.2 Å². The second kappa shape index (κ2) is 4.12. The molecule has 5 heteroatoms. The molecule has 2 unspecified atom stereocenters. The summed E-state index contributed by atoms with van der Waals surface area (Å²) in [6.45, 7) is 4.25. The summed E-state index contributed by atoms with van der Waals surface area (Å²) < 4.78 is 0. The van der Waals surface area contributed by atoms with Gasteiger partial charge in [0.2, 0.25) is 5.95 Å². The van der Waals surface area contributed by atoms with Crippen molar-refractivity contribution >= 4 is 5.95 Å². The Labute approximate surface area is 89.7 Å². The molecule has 0 amide bonds. The lowest BCUT2D eigenvalue weighted by Gasteiger charge is -2.38. The third-order valence-electron chi connectivity index (χ3n) is 2.91. The Morgan fingerprint density at radius 1 is 1.47 bits per heavy atom. The third kappa shape index (κ3) is 2.08. The molecule has 1 aromatic rings. The van der Waals surface area contributed by atoms with Crippen molar-refractivity contribution in [2.75, 3.05) is 25.9 Å². The Kier molecular flexibility index (Phi) is 2.83. The molecule has 2 rings (SSSR count). The molecule has 5 nitrogen and oxygen atoms in total. The maximum Gasteiger partial charge on any atom is 0.219 e. The van der Waals surface area contributed by atoms with Crippen LogP contribution in [-0.2, 0) is 0 Å². The van der Waals surface area contributed by atoms with Crippen LogP contribution in [0.1, 0.15) is 18.5 Å². The molecule has 1 saturated heterocycles. The second-order valence-electron chi connectivity index (χ2n) is 4.04. The number of hydrogen-bond donors (Lipinski definition) is 2. The van der Waals surface area contributed by atoms with Crippen molar-refractivity contribution < 1.29 is 0 Å². The predicted molar refractivity (Wildman–Crippen MR) is 59.3 cm³/mol. The minimum atomic E-state index is 0.331. The van der Waals surface area contributed by atoms with Crippen molar-refractivity contribution in [2.45, 2.75) is 19.0 Å². The SMILES string of the molecule is CC1NCCN(C)C1c1cnc(N)nc1. The second-order valence-corrected chi connectivity index (χ2v) is 4.04. The van der Waals surface area contributed by atoms with E-state index in [1.807, 2.05) is 12.4 Å². The number of piperazine rings is 1. The average molecular weight is 207 g/mol. The summed E-state index contributed by atoms with van der Waals surface area (Å²) in [5.41, 5.74) is 6.59. The Morgan fingerprint density at radius 3 is 2.73 bits per heavy atom. The van der Waals surface area contributed by atoms with Crippen molar-refractivity contribution in [3.8, 4) is 0 Å². The molecule has 0 bridgehead atoms. The van der Waals surface area contributed by atoms with Gasteiger partial charge in [-0.2, -0.15) is 0 Å². The van der Waals surface area contributed by atoms with Gasteiger partial charge in [-0.1, -0.05) is 0 Å². The van der Waals surface area contributed by atoms with E-state index in [4.69, 9.17) is 5.73 Å². The van der Waals surface area contributed by atoms with Crippen molar-refractivity contribution in [3.05, 3.63) is 18.0 Å². The van der Waals surface area contributed by atoms with Gasteiger partial charge in [-0.3, -0.25) is 4.90 Å². The van der Waals surface area contributed by atoms with Gasteiger partial charge < -0.3 is 11.1 Å². The predicted octanol–water partition coefficient (Wildman–Crippen LogP) is 0.0234. The Hall–Kier alpha value is -1.20. The van der Waals surface area contributed by atoms with Crippen molar-refractivity contribution in [2.24, 2.45) is 0 Å². The van der Waals surface area contributed by atoms with Gasteiger partial charge in [0.15, 0.2) is 0 Å². The first kappa shape index (κ1) is 10.3. The summed E-state index contributed by atoms with van der Waals surface area (Å²) in [7, 11) is 2.12. The van der Waals surface area contributed by atoms with E-state index in [-0.39, 0.29) is 0 Å². The summed E-state index contributed by atoms with van der Waals surface area (Å²) in [6, 6.07) is 0.746. The molecular formula is C10H17N5. The molecule has 82 valence electrons. The number of nitrogens with one attached hydrogen (secondary N) is 1. The molecule has 1 aliphatic rings. The topological polar surface area (TPSA) is 67.1 Å². The molecule has 1 aliphatic heterocycles. The van der Waals surface area contributed by atoms with E-state index in [0.717, 1.165) is 18.7 Å². The molecule has 0 spiro atoms. The molecule has 2 heterocycles. The van der Waals surface area contributed by atoms with Crippen LogP contribution in [0.25, 0.3) is 0 Å². The highest BCUT2D eigenvalue weighted by molar-refractivity contribution is 5.21. The number of nitrogens with zero attached hydrogens (tertiary/aromatic N) is 3. The summed E-state index contributed by atoms with van der Waals surface area (Å²) in [4.78, 5) is 10.4. The Morgan fingerprint density at radius 2 is 2.13 bits per heavy atom. The minimum absolute atomic E-state index is 0.331.